The van der Waals surface area contributed by atoms with E-state index in [4.69, 9.17) is 10.2 Å². The molecule has 1 unspecified atom stereocenters. The Labute approximate surface area is 56.5 Å². The van der Waals surface area contributed by atoms with Gasteiger partial charge in [-0.1, -0.05) is 19.8 Å². The van der Waals surface area contributed by atoms with E-state index in [-0.39, 0.29) is 12.7 Å². The van der Waals surface area contributed by atoms with E-state index in [0.717, 1.165) is 19.3 Å². The molecule has 0 aliphatic carbocycles. The second kappa shape index (κ2) is 6.05. The molecular weight excluding hydrogens is 116 g/mol. The largest absolute Gasteiger partial charge is 0.396 e. The smallest absolute Gasteiger partial charge is 0.0562 e. The van der Waals surface area contributed by atoms with E-state index >= 15 is 0 Å². The highest BCUT2D eigenvalue weighted by atomic mass is 16.3. The Bertz CT molecular complexity index is 54.9. The molecule has 0 aromatic carbocycles. The van der Waals surface area contributed by atoms with Crippen LogP contribution in [0.5, 0.6) is 0 Å². The Morgan fingerprint density at radius 1 is 1.33 bits per heavy atom. The van der Waals surface area contributed by atoms with E-state index in [1.807, 2.05) is 0 Å². The van der Waals surface area contributed by atoms with Gasteiger partial charge >= 0.3 is 0 Å². The SMILES string of the molecule is [CH2]CCCC(O)CCO. The van der Waals surface area contributed by atoms with Crippen LogP contribution in [0.3, 0.4) is 0 Å². The van der Waals surface area contributed by atoms with Gasteiger partial charge in [-0.25, -0.2) is 0 Å². The molecule has 2 N–H and O–H groups in total. The highest BCUT2D eigenvalue weighted by Crippen LogP contribution is 2.02. The second-order valence-electron chi connectivity index (χ2n) is 2.16. The third-order valence-corrected chi connectivity index (χ3v) is 1.25. The minimum atomic E-state index is -0.322. The number of hydrogen-bond acceptors (Lipinski definition) is 2. The van der Waals surface area contributed by atoms with Crippen molar-refractivity contribution in [3.05, 3.63) is 6.92 Å². The highest BCUT2D eigenvalue weighted by molar-refractivity contribution is 4.54. The van der Waals surface area contributed by atoms with Crippen LogP contribution in [0.15, 0.2) is 0 Å². The predicted octanol–water partition coefficient (Wildman–Crippen LogP) is 0.734. The van der Waals surface area contributed by atoms with E-state index < -0.39 is 0 Å². The van der Waals surface area contributed by atoms with Crippen molar-refractivity contribution in [1.29, 1.82) is 0 Å². The van der Waals surface area contributed by atoms with Gasteiger partial charge in [0.25, 0.3) is 0 Å². The standard InChI is InChI=1S/C7H15O2/c1-2-3-4-7(9)5-6-8/h7-9H,1-6H2. The van der Waals surface area contributed by atoms with Gasteiger partial charge in [0.1, 0.15) is 0 Å². The van der Waals surface area contributed by atoms with Crippen LogP contribution in [0.4, 0.5) is 0 Å². The van der Waals surface area contributed by atoms with Crippen LogP contribution < -0.4 is 0 Å². The molecule has 0 amide bonds. The average Bonchev–Trinajstić information content (AvgIpc) is 1.85. The molecule has 0 aliphatic rings. The number of hydrogen-bond donors (Lipinski definition) is 2. The van der Waals surface area contributed by atoms with E-state index in [0.29, 0.717) is 6.42 Å². The van der Waals surface area contributed by atoms with Gasteiger partial charge in [-0.15, -0.1) is 0 Å². The van der Waals surface area contributed by atoms with Crippen LogP contribution in [0.25, 0.3) is 0 Å². The van der Waals surface area contributed by atoms with Gasteiger partial charge in [0.2, 0.25) is 0 Å². The summed E-state index contributed by atoms with van der Waals surface area (Å²) in [5.41, 5.74) is 0. The lowest BCUT2D eigenvalue weighted by Gasteiger charge is -2.05. The van der Waals surface area contributed by atoms with E-state index in [1.54, 1.807) is 0 Å². The first-order valence-electron chi connectivity index (χ1n) is 3.39. The van der Waals surface area contributed by atoms with Crippen molar-refractivity contribution < 1.29 is 10.2 Å². The molecule has 0 aliphatic heterocycles. The monoisotopic (exact) mass is 131 g/mol. The summed E-state index contributed by atoms with van der Waals surface area (Å²) in [6, 6.07) is 0. The number of aliphatic hydroxyl groups is 2. The van der Waals surface area contributed by atoms with Gasteiger partial charge in [-0.05, 0) is 12.8 Å². The average molecular weight is 131 g/mol. The van der Waals surface area contributed by atoms with Crippen molar-refractivity contribution in [2.24, 2.45) is 0 Å². The summed E-state index contributed by atoms with van der Waals surface area (Å²) in [5.74, 6) is 0. The van der Waals surface area contributed by atoms with Crippen LogP contribution >= 0.6 is 0 Å². The molecule has 1 atom stereocenters. The molecule has 2 nitrogen and oxygen atoms in total. The van der Waals surface area contributed by atoms with Crippen molar-refractivity contribution in [2.45, 2.75) is 31.8 Å². The van der Waals surface area contributed by atoms with Crippen LogP contribution in [0.2, 0.25) is 0 Å². The highest BCUT2D eigenvalue weighted by Gasteiger charge is 1.99. The van der Waals surface area contributed by atoms with Crippen LogP contribution in [0.1, 0.15) is 25.7 Å². The van der Waals surface area contributed by atoms with Gasteiger partial charge < -0.3 is 10.2 Å². The summed E-state index contributed by atoms with van der Waals surface area (Å²) in [6.07, 6.45) is 2.75. The first-order valence-corrected chi connectivity index (χ1v) is 3.39. The first kappa shape index (κ1) is 8.92. The summed E-state index contributed by atoms with van der Waals surface area (Å²) in [5, 5.41) is 17.4. The molecule has 0 spiro atoms. The summed E-state index contributed by atoms with van der Waals surface area (Å²) in [7, 11) is 0. The molecule has 1 radical (unpaired) electrons. The third-order valence-electron chi connectivity index (χ3n) is 1.25. The van der Waals surface area contributed by atoms with Crippen molar-refractivity contribution in [2.75, 3.05) is 6.61 Å². The minimum absolute atomic E-state index is 0.0817. The van der Waals surface area contributed by atoms with Gasteiger partial charge in [0.05, 0.1) is 6.10 Å². The fraction of sp³-hybridized carbons (Fsp3) is 0.857. The maximum absolute atomic E-state index is 8.99. The molecule has 55 valence electrons. The maximum Gasteiger partial charge on any atom is 0.0562 e. The summed E-state index contributed by atoms with van der Waals surface area (Å²) >= 11 is 0. The Balaban J connectivity index is 2.95. The van der Waals surface area contributed by atoms with Gasteiger partial charge in [0.15, 0.2) is 0 Å². The molecule has 0 aromatic heterocycles. The van der Waals surface area contributed by atoms with Crippen LogP contribution in [-0.4, -0.2) is 22.9 Å². The van der Waals surface area contributed by atoms with Crippen molar-refractivity contribution in [3.8, 4) is 0 Å². The van der Waals surface area contributed by atoms with Crippen LogP contribution in [0, 0.1) is 6.92 Å². The molecule has 9 heavy (non-hydrogen) atoms. The molecular formula is C7H15O2. The van der Waals surface area contributed by atoms with Gasteiger partial charge in [0, 0.05) is 6.61 Å². The number of rotatable bonds is 5. The number of unbranched alkanes of at least 4 members (excludes halogenated alkanes) is 1. The first-order chi connectivity index (χ1) is 4.31. The zero-order valence-corrected chi connectivity index (χ0v) is 5.71. The predicted molar refractivity (Wildman–Crippen MR) is 36.9 cm³/mol. The lowest BCUT2D eigenvalue weighted by atomic mass is 10.1. The molecule has 0 fully saturated rings. The molecule has 0 bridgehead atoms. The molecule has 0 rings (SSSR count). The fourth-order valence-electron chi connectivity index (χ4n) is 0.673. The quantitative estimate of drug-likeness (QED) is 0.577. The zero-order valence-electron chi connectivity index (χ0n) is 5.71. The van der Waals surface area contributed by atoms with E-state index in [1.165, 1.54) is 0 Å². The minimum Gasteiger partial charge on any atom is -0.396 e. The topological polar surface area (TPSA) is 40.5 Å². The Hall–Kier alpha value is -0.0800. The molecule has 2 heteroatoms. The molecule has 0 heterocycles. The van der Waals surface area contributed by atoms with Crippen molar-refractivity contribution >= 4 is 0 Å². The van der Waals surface area contributed by atoms with Crippen molar-refractivity contribution in [3.63, 3.8) is 0 Å². The second-order valence-corrected chi connectivity index (χ2v) is 2.16. The maximum atomic E-state index is 8.99. The fourth-order valence-corrected chi connectivity index (χ4v) is 0.673. The number of aliphatic hydroxyl groups excluding tert-OH is 2. The zero-order chi connectivity index (χ0) is 7.11. The lowest BCUT2D eigenvalue weighted by molar-refractivity contribution is 0.123. The molecule has 0 aromatic rings. The van der Waals surface area contributed by atoms with E-state index in [2.05, 4.69) is 6.92 Å². The Morgan fingerprint density at radius 3 is 2.44 bits per heavy atom. The van der Waals surface area contributed by atoms with Gasteiger partial charge in [-0.2, -0.15) is 0 Å². The summed E-state index contributed by atoms with van der Waals surface area (Å²) in [6.45, 7) is 3.73. The van der Waals surface area contributed by atoms with Crippen molar-refractivity contribution in [1.82, 2.24) is 0 Å². The summed E-state index contributed by atoms with van der Waals surface area (Å²) in [4.78, 5) is 0. The lowest BCUT2D eigenvalue weighted by Crippen LogP contribution is -2.07. The van der Waals surface area contributed by atoms with Gasteiger partial charge in [-0.3, -0.25) is 0 Å². The Kier molecular flexibility index (Phi) is 5.99. The summed E-state index contributed by atoms with van der Waals surface area (Å²) < 4.78 is 0. The molecule has 0 saturated heterocycles. The third kappa shape index (κ3) is 5.80. The molecule has 0 saturated carbocycles. The van der Waals surface area contributed by atoms with Crippen LogP contribution in [-0.2, 0) is 0 Å². The Morgan fingerprint density at radius 2 is 2.00 bits per heavy atom. The normalized spacial score (nSPS) is 13.7. The van der Waals surface area contributed by atoms with E-state index in [9.17, 15) is 0 Å².